The molecular weight excluding hydrogens is 194 g/mol. The zero-order chi connectivity index (χ0) is 12.3. The van der Waals surface area contributed by atoms with Gasteiger partial charge in [-0.15, -0.1) is 5.59 Å². The number of hydrogen-bond acceptors (Lipinski definition) is 5. The Hall–Kier alpha value is -0.670. The van der Waals surface area contributed by atoms with Crippen molar-refractivity contribution in [3.63, 3.8) is 0 Å². The van der Waals surface area contributed by atoms with Gasteiger partial charge < -0.3 is 5.11 Å². The molecule has 0 aliphatic rings. The number of aliphatic hydroxyl groups excluding tert-OH is 1. The van der Waals surface area contributed by atoms with Crippen molar-refractivity contribution in [2.45, 2.75) is 46.2 Å². The van der Waals surface area contributed by atoms with Crippen molar-refractivity contribution < 1.29 is 9.94 Å². The molecule has 0 radical (unpaired) electrons. The average Bonchev–Trinajstić information content (AvgIpc) is 2.19. The number of aliphatic hydroxyl groups is 1. The van der Waals surface area contributed by atoms with E-state index in [0.29, 0.717) is 25.1 Å². The van der Waals surface area contributed by atoms with Gasteiger partial charge in [0.15, 0.2) is 0 Å². The molecule has 0 spiro atoms. The average molecular weight is 217 g/mol. The summed E-state index contributed by atoms with van der Waals surface area (Å²) in [5, 5.41) is 17.3. The van der Waals surface area contributed by atoms with Crippen molar-refractivity contribution in [1.29, 1.82) is 5.26 Å². The van der Waals surface area contributed by atoms with E-state index in [9.17, 15) is 0 Å². The Morgan fingerprint density at radius 2 is 1.73 bits per heavy atom. The van der Waals surface area contributed by atoms with Gasteiger partial charge in [-0.3, -0.25) is 4.84 Å². The SMILES string of the molecule is CC(C)N(NOCCC#N)C(C)C.CO. The number of nitriles is 1. The summed E-state index contributed by atoms with van der Waals surface area (Å²) >= 11 is 0. The Morgan fingerprint density at radius 1 is 1.27 bits per heavy atom. The molecule has 0 fully saturated rings. The minimum absolute atomic E-state index is 0.377. The van der Waals surface area contributed by atoms with E-state index in [1.807, 2.05) is 11.1 Å². The molecular formula is C10H23N3O2. The lowest BCUT2D eigenvalue weighted by Gasteiger charge is -2.29. The second-order valence-corrected chi connectivity index (χ2v) is 3.44. The first-order chi connectivity index (χ1) is 7.09. The summed E-state index contributed by atoms with van der Waals surface area (Å²) < 4.78 is 0. The van der Waals surface area contributed by atoms with Gasteiger partial charge in [-0.05, 0) is 27.7 Å². The van der Waals surface area contributed by atoms with Gasteiger partial charge in [-0.2, -0.15) is 5.26 Å². The molecule has 0 aromatic carbocycles. The van der Waals surface area contributed by atoms with Crippen molar-refractivity contribution in [3.8, 4) is 6.07 Å². The standard InChI is InChI=1S/C9H19N3O.CH4O/c1-8(2)12(9(3)4)11-13-7-5-6-10;1-2/h8-9,11H,5,7H2,1-4H3;2H,1H3. The summed E-state index contributed by atoms with van der Waals surface area (Å²) in [5.74, 6) is 0. The maximum absolute atomic E-state index is 8.28. The molecule has 0 rings (SSSR count). The maximum atomic E-state index is 8.28. The highest BCUT2D eigenvalue weighted by atomic mass is 16.7. The van der Waals surface area contributed by atoms with Crippen LogP contribution in [0.1, 0.15) is 34.1 Å². The van der Waals surface area contributed by atoms with Gasteiger partial charge in [-0.25, -0.2) is 5.01 Å². The quantitative estimate of drug-likeness (QED) is 0.514. The van der Waals surface area contributed by atoms with Gasteiger partial charge in [-0.1, -0.05) is 0 Å². The van der Waals surface area contributed by atoms with E-state index in [1.54, 1.807) is 0 Å². The van der Waals surface area contributed by atoms with Crippen molar-refractivity contribution in [2.24, 2.45) is 0 Å². The normalized spacial score (nSPS) is 10.1. The first-order valence-corrected chi connectivity index (χ1v) is 5.07. The van der Waals surface area contributed by atoms with Crippen LogP contribution >= 0.6 is 0 Å². The van der Waals surface area contributed by atoms with Crippen molar-refractivity contribution in [1.82, 2.24) is 10.6 Å². The third-order valence-electron chi connectivity index (χ3n) is 1.60. The molecule has 0 heterocycles. The van der Waals surface area contributed by atoms with E-state index in [4.69, 9.17) is 15.2 Å². The summed E-state index contributed by atoms with van der Waals surface area (Å²) in [7, 11) is 1.00. The molecule has 0 unspecified atom stereocenters. The zero-order valence-electron chi connectivity index (χ0n) is 10.3. The molecule has 2 N–H and O–H groups in total. The summed E-state index contributed by atoms with van der Waals surface area (Å²) in [4.78, 5) is 5.11. The van der Waals surface area contributed by atoms with Crippen LogP contribution in [0.25, 0.3) is 0 Å². The number of rotatable bonds is 6. The second-order valence-electron chi connectivity index (χ2n) is 3.44. The number of hydrazine groups is 1. The highest BCUT2D eigenvalue weighted by molar-refractivity contribution is 4.67. The molecule has 5 nitrogen and oxygen atoms in total. The number of nitrogens with one attached hydrogen (secondary N) is 1. The monoisotopic (exact) mass is 217 g/mol. The molecule has 0 aromatic heterocycles. The summed E-state index contributed by atoms with van der Waals surface area (Å²) in [6, 6.07) is 2.77. The summed E-state index contributed by atoms with van der Waals surface area (Å²) in [6.45, 7) is 8.76. The molecule has 5 heteroatoms. The van der Waals surface area contributed by atoms with E-state index in [2.05, 4.69) is 33.3 Å². The molecule has 0 saturated heterocycles. The Balaban J connectivity index is 0. The number of nitrogens with zero attached hydrogens (tertiary/aromatic N) is 2. The van der Waals surface area contributed by atoms with Gasteiger partial charge in [0.25, 0.3) is 0 Å². The third kappa shape index (κ3) is 9.63. The van der Waals surface area contributed by atoms with Gasteiger partial charge in [0.1, 0.15) is 0 Å². The highest BCUT2D eigenvalue weighted by Crippen LogP contribution is 2.00. The predicted molar refractivity (Wildman–Crippen MR) is 59.6 cm³/mol. The van der Waals surface area contributed by atoms with Crippen molar-refractivity contribution in [3.05, 3.63) is 0 Å². The fourth-order valence-corrected chi connectivity index (χ4v) is 1.02. The minimum atomic E-state index is 0.377. The molecule has 90 valence electrons. The molecule has 0 aliphatic heterocycles. The first kappa shape index (κ1) is 16.7. The second kappa shape index (κ2) is 11.4. The Kier molecular flexibility index (Phi) is 12.7. The molecule has 15 heavy (non-hydrogen) atoms. The zero-order valence-corrected chi connectivity index (χ0v) is 10.3. The third-order valence-corrected chi connectivity index (χ3v) is 1.60. The topological polar surface area (TPSA) is 68.5 Å². The van der Waals surface area contributed by atoms with Crippen LogP contribution in [0.5, 0.6) is 0 Å². The molecule has 0 atom stereocenters. The molecule has 0 bridgehead atoms. The maximum Gasteiger partial charge on any atom is 0.0828 e. The predicted octanol–water partition coefficient (Wildman–Crippen LogP) is 1.06. The van der Waals surface area contributed by atoms with Crippen LogP contribution in [-0.4, -0.2) is 35.9 Å². The van der Waals surface area contributed by atoms with E-state index >= 15 is 0 Å². The minimum Gasteiger partial charge on any atom is -0.400 e. The Bertz CT molecular complexity index is 159. The Morgan fingerprint density at radius 3 is 2.07 bits per heavy atom. The van der Waals surface area contributed by atoms with Crippen LogP contribution in [0.4, 0.5) is 0 Å². The van der Waals surface area contributed by atoms with Crippen LogP contribution in [0.3, 0.4) is 0 Å². The smallest absolute Gasteiger partial charge is 0.0828 e. The fourth-order valence-electron chi connectivity index (χ4n) is 1.02. The van der Waals surface area contributed by atoms with Gasteiger partial charge in [0.05, 0.1) is 19.1 Å². The van der Waals surface area contributed by atoms with E-state index < -0.39 is 0 Å². The number of hydrogen-bond donors (Lipinski definition) is 2. The van der Waals surface area contributed by atoms with Crippen molar-refractivity contribution in [2.75, 3.05) is 13.7 Å². The van der Waals surface area contributed by atoms with Crippen LogP contribution in [0.15, 0.2) is 0 Å². The van der Waals surface area contributed by atoms with Crippen LogP contribution in [0.2, 0.25) is 0 Å². The Labute approximate surface area is 92.6 Å². The first-order valence-electron chi connectivity index (χ1n) is 5.07. The molecule has 0 aliphatic carbocycles. The van der Waals surface area contributed by atoms with Gasteiger partial charge in [0.2, 0.25) is 0 Å². The molecule has 0 saturated carbocycles. The summed E-state index contributed by atoms with van der Waals surface area (Å²) in [5.41, 5.74) is 2.84. The fraction of sp³-hybridized carbons (Fsp3) is 0.900. The molecule has 0 aromatic rings. The lowest BCUT2D eigenvalue weighted by atomic mass is 10.3. The van der Waals surface area contributed by atoms with Gasteiger partial charge >= 0.3 is 0 Å². The van der Waals surface area contributed by atoms with Crippen LogP contribution in [-0.2, 0) is 4.84 Å². The van der Waals surface area contributed by atoms with E-state index in [0.717, 1.165) is 7.11 Å². The lowest BCUT2D eigenvalue weighted by molar-refractivity contribution is -0.110. The largest absolute Gasteiger partial charge is 0.400 e. The van der Waals surface area contributed by atoms with Crippen LogP contribution in [0, 0.1) is 11.3 Å². The van der Waals surface area contributed by atoms with Crippen molar-refractivity contribution >= 4 is 0 Å². The van der Waals surface area contributed by atoms with E-state index in [1.165, 1.54) is 0 Å². The van der Waals surface area contributed by atoms with Gasteiger partial charge in [0, 0.05) is 19.2 Å². The van der Waals surface area contributed by atoms with E-state index in [-0.39, 0.29) is 0 Å². The lowest BCUT2D eigenvalue weighted by Crippen LogP contribution is -2.47. The molecule has 0 amide bonds. The highest BCUT2D eigenvalue weighted by Gasteiger charge is 2.12. The van der Waals surface area contributed by atoms with Crippen LogP contribution < -0.4 is 5.59 Å². The summed E-state index contributed by atoms with van der Waals surface area (Å²) in [6.07, 6.45) is 0.414.